The van der Waals surface area contributed by atoms with Crippen molar-refractivity contribution in [3.8, 4) is 17.2 Å². The molecule has 0 aliphatic rings. The Labute approximate surface area is 223 Å². The maximum atomic E-state index is 12.6. The SMILES string of the molecule is CCCCCCCCCCCc1ccc(Oc2ccccc2)c([O-])c1S(=O)(=O)O.[K+]. The van der Waals surface area contributed by atoms with Crippen LogP contribution in [0.1, 0.15) is 70.3 Å². The van der Waals surface area contributed by atoms with Gasteiger partial charge < -0.3 is 9.84 Å². The maximum Gasteiger partial charge on any atom is 1.00 e. The molecule has 0 atom stereocenters. The van der Waals surface area contributed by atoms with Crippen LogP contribution in [0.2, 0.25) is 0 Å². The molecule has 1 N–H and O–H groups in total. The van der Waals surface area contributed by atoms with Gasteiger partial charge in [-0.3, -0.25) is 4.55 Å². The Kier molecular flexibility index (Phi) is 13.5. The number of rotatable bonds is 13. The van der Waals surface area contributed by atoms with Crippen LogP contribution in [-0.4, -0.2) is 13.0 Å². The molecule has 0 saturated carbocycles. The van der Waals surface area contributed by atoms with E-state index in [0.717, 1.165) is 19.3 Å². The van der Waals surface area contributed by atoms with Crippen molar-refractivity contribution in [1.29, 1.82) is 0 Å². The number of aryl methyl sites for hydroxylation is 1. The second-order valence-electron chi connectivity index (χ2n) is 7.35. The van der Waals surface area contributed by atoms with E-state index in [1.807, 2.05) is 6.07 Å². The summed E-state index contributed by atoms with van der Waals surface area (Å²) in [5.74, 6) is -0.484. The number of unbranched alkanes of at least 4 members (excludes halogenated alkanes) is 8. The van der Waals surface area contributed by atoms with Gasteiger partial charge in [0.25, 0.3) is 10.1 Å². The summed E-state index contributed by atoms with van der Waals surface area (Å²) in [5.41, 5.74) is 0.348. The van der Waals surface area contributed by atoms with Gasteiger partial charge in [0, 0.05) is 0 Å². The third-order valence-electron chi connectivity index (χ3n) is 4.94. The van der Waals surface area contributed by atoms with Gasteiger partial charge in [0.1, 0.15) is 11.5 Å². The summed E-state index contributed by atoms with van der Waals surface area (Å²) < 4.78 is 38.8. The molecule has 0 heterocycles. The molecule has 0 spiro atoms. The quantitative estimate of drug-likeness (QED) is 0.283. The Balaban J connectivity index is 0.00000450. The van der Waals surface area contributed by atoms with E-state index in [0.29, 0.717) is 17.7 Å². The summed E-state index contributed by atoms with van der Waals surface area (Å²) >= 11 is 0. The zero-order valence-corrected chi connectivity index (χ0v) is 22.0. The first-order valence-corrected chi connectivity index (χ1v) is 11.9. The molecular formula is C23H31KO5S. The van der Waals surface area contributed by atoms with Gasteiger partial charge in [0.05, 0.1) is 4.90 Å². The molecule has 0 fully saturated rings. The Morgan fingerprint density at radius 1 is 0.867 bits per heavy atom. The first-order chi connectivity index (χ1) is 13.9. The van der Waals surface area contributed by atoms with Crippen LogP contribution in [0.25, 0.3) is 0 Å². The minimum absolute atomic E-state index is 0. The fraction of sp³-hybridized carbons (Fsp3) is 0.478. The monoisotopic (exact) mass is 458 g/mol. The van der Waals surface area contributed by atoms with Crippen LogP contribution in [0.3, 0.4) is 0 Å². The normalized spacial score (nSPS) is 11.1. The minimum Gasteiger partial charge on any atom is -0.869 e. The van der Waals surface area contributed by atoms with E-state index < -0.39 is 20.8 Å². The molecule has 30 heavy (non-hydrogen) atoms. The van der Waals surface area contributed by atoms with E-state index in [4.69, 9.17) is 4.74 Å². The van der Waals surface area contributed by atoms with E-state index >= 15 is 0 Å². The maximum absolute atomic E-state index is 12.6. The fourth-order valence-corrected chi connectivity index (χ4v) is 4.22. The Morgan fingerprint density at radius 2 is 1.43 bits per heavy atom. The summed E-state index contributed by atoms with van der Waals surface area (Å²) in [6.45, 7) is 2.20. The van der Waals surface area contributed by atoms with E-state index in [1.165, 1.54) is 44.6 Å². The number of ether oxygens (including phenoxy) is 1. The Morgan fingerprint density at radius 3 is 2.00 bits per heavy atom. The Bertz CT molecular complexity index is 853. The van der Waals surface area contributed by atoms with Crippen molar-refractivity contribution >= 4 is 10.1 Å². The number of benzene rings is 2. The number of hydrogen-bond donors (Lipinski definition) is 1. The van der Waals surface area contributed by atoms with Gasteiger partial charge in [-0.2, -0.15) is 8.42 Å². The van der Waals surface area contributed by atoms with Gasteiger partial charge in [0.2, 0.25) is 0 Å². The summed E-state index contributed by atoms with van der Waals surface area (Å²) in [6.07, 6.45) is 10.8. The average molecular weight is 459 g/mol. The van der Waals surface area contributed by atoms with Crippen molar-refractivity contribution in [3.63, 3.8) is 0 Å². The van der Waals surface area contributed by atoms with E-state index in [-0.39, 0.29) is 57.1 Å². The smallest absolute Gasteiger partial charge is 0.869 e. The predicted molar refractivity (Wildman–Crippen MR) is 113 cm³/mol. The molecule has 0 amide bonds. The summed E-state index contributed by atoms with van der Waals surface area (Å²) in [7, 11) is -4.63. The van der Waals surface area contributed by atoms with Gasteiger partial charge in [-0.1, -0.05) is 82.6 Å². The molecule has 0 aliphatic carbocycles. The van der Waals surface area contributed by atoms with E-state index in [2.05, 4.69) is 6.92 Å². The van der Waals surface area contributed by atoms with Crippen LogP contribution in [-0.2, 0) is 16.5 Å². The molecule has 0 radical (unpaired) electrons. The van der Waals surface area contributed by atoms with Crippen molar-refractivity contribution in [1.82, 2.24) is 0 Å². The molecule has 2 aromatic carbocycles. The molecule has 0 aromatic heterocycles. The van der Waals surface area contributed by atoms with Crippen LogP contribution < -0.4 is 61.2 Å². The molecule has 0 aliphatic heterocycles. The molecule has 0 unspecified atom stereocenters. The van der Waals surface area contributed by atoms with Gasteiger partial charge in [-0.15, -0.1) is 0 Å². The van der Waals surface area contributed by atoms with Crippen LogP contribution in [0.4, 0.5) is 0 Å². The number of hydrogen-bond acceptors (Lipinski definition) is 4. The van der Waals surface area contributed by atoms with Crippen LogP contribution in [0.15, 0.2) is 47.4 Å². The zero-order valence-electron chi connectivity index (χ0n) is 18.1. The average Bonchev–Trinajstić information content (AvgIpc) is 2.68. The van der Waals surface area contributed by atoms with Crippen molar-refractivity contribution in [2.24, 2.45) is 0 Å². The molecule has 160 valence electrons. The minimum atomic E-state index is -4.63. The molecular weight excluding hydrogens is 427 g/mol. The molecule has 5 nitrogen and oxygen atoms in total. The Hall–Kier alpha value is -0.414. The zero-order chi connectivity index (χ0) is 21.1. The molecule has 7 heteroatoms. The third-order valence-corrected chi connectivity index (χ3v) is 5.90. The number of para-hydroxylation sites is 1. The first-order valence-electron chi connectivity index (χ1n) is 10.5. The second-order valence-corrected chi connectivity index (χ2v) is 8.71. The summed E-state index contributed by atoms with van der Waals surface area (Å²) in [6, 6.07) is 11.7. The van der Waals surface area contributed by atoms with E-state index in [1.54, 1.807) is 30.3 Å². The van der Waals surface area contributed by atoms with Crippen molar-refractivity contribution in [3.05, 3.63) is 48.0 Å². The van der Waals surface area contributed by atoms with E-state index in [9.17, 15) is 18.1 Å². The van der Waals surface area contributed by atoms with Crippen molar-refractivity contribution in [2.75, 3.05) is 0 Å². The van der Waals surface area contributed by atoms with Crippen molar-refractivity contribution in [2.45, 2.75) is 76.0 Å². The standard InChI is InChI=1S/C23H32O5S.K/c1-2-3-4-5-6-7-8-9-11-14-19-17-18-21(22(24)23(19)29(25,26)27)28-20-15-12-10-13-16-20;/h10,12-13,15-18,24H,2-9,11,14H2,1H3,(H,25,26,27);/q;+1/p-1. The van der Waals surface area contributed by atoms with Crippen LogP contribution in [0.5, 0.6) is 17.2 Å². The summed E-state index contributed by atoms with van der Waals surface area (Å²) in [5, 5.41) is 12.6. The van der Waals surface area contributed by atoms with Crippen LogP contribution in [0, 0.1) is 0 Å². The summed E-state index contributed by atoms with van der Waals surface area (Å²) in [4.78, 5) is -0.564. The topological polar surface area (TPSA) is 86.7 Å². The third kappa shape index (κ3) is 9.38. The van der Waals surface area contributed by atoms with Gasteiger partial charge in [-0.05, 0) is 42.4 Å². The van der Waals surface area contributed by atoms with Gasteiger partial charge in [-0.25, -0.2) is 0 Å². The fourth-order valence-electron chi connectivity index (χ4n) is 3.39. The molecule has 2 rings (SSSR count). The first kappa shape index (κ1) is 27.6. The molecule has 0 saturated heterocycles. The predicted octanol–water partition coefficient (Wildman–Crippen LogP) is 2.88. The van der Waals surface area contributed by atoms with Crippen LogP contribution >= 0.6 is 0 Å². The van der Waals surface area contributed by atoms with Crippen molar-refractivity contribution < 1.29 is 74.2 Å². The molecule has 0 bridgehead atoms. The molecule has 2 aromatic rings. The largest absolute Gasteiger partial charge is 1.00 e. The van der Waals surface area contributed by atoms with Gasteiger partial charge >= 0.3 is 51.4 Å². The van der Waals surface area contributed by atoms with Gasteiger partial charge in [0.15, 0.2) is 0 Å². The second kappa shape index (κ2) is 14.6.